The van der Waals surface area contributed by atoms with E-state index in [-0.39, 0.29) is 0 Å². The average molecular weight is 397 g/mol. The highest BCUT2D eigenvalue weighted by Crippen LogP contribution is 2.28. The summed E-state index contributed by atoms with van der Waals surface area (Å²) in [4.78, 5) is 0. The lowest BCUT2D eigenvalue weighted by molar-refractivity contribution is 0.310. The molecule has 3 nitrogen and oxygen atoms in total. The van der Waals surface area contributed by atoms with E-state index in [0.29, 0.717) is 6.61 Å². The van der Waals surface area contributed by atoms with E-state index in [0.717, 1.165) is 29.3 Å². The number of hydrogen-bond acceptors (Lipinski definition) is 3. The molecule has 4 heteroatoms. The number of anilines is 1. The summed E-state index contributed by atoms with van der Waals surface area (Å²) in [6.45, 7) is 5.47. The molecule has 0 spiro atoms. The van der Waals surface area contributed by atoms with E-state index < -0.39 is 0 Å². The van der Waals surface area contributed by atoms with E-state index in [4.69, 9.17) is 9.47 Å². The number of benzene rings is 2. The molecule has 2 rings (SSSR count). The molecule has 0 aliphatic rings. The smallest absolute Gasteiger partial charge is 0.161 e. The molecule has 0 amide bonds. The molecule has 0 aliphatic heterocycles. The van der Waals surface area contributed by atoms with Crippen molar-refractivity contribution < 1.29 is 9.47 Å². The van der Waals surface area contributed by atoms with Gasteiger partial charge in [0.25, 0.3) is 0 Å². The van der Waals surface area contributed by atoms with Gasteiger partial charge in [-0.25, -0.2) is 0 Å². The number of nitrogens with one attached hydrogen (secondary N) is 1. The minimum Gasteiger partial charge on any atom is -0.493 e. The number of ether oxygens (including phenoxy) is 2. The molecular formula is C17H20INO2. The first kappa shape index (κ1) is 15.9. The van der Waals surface area contributed by atoms with Crippen molar-refractivity contribution in [3.05, 3.63) is 51.1 Å². The first-order chi connectivity index (χ1) is 10.1. The Kier molecular flexibility index (Phi) is 5.73. The van der Waals surface area contributed by atoms with Gasteiger partial charge in [0.15, 0.2) is 11.5 Å². The number of hydrogen-bond donors (Lipinski definition) is 1. The van der Waals surface area contributed by atoms with Crippen LogP contribution in [0.2, 0.25) is 0 Å². The Morgan fingerprint density at radius 3 is 2.57 bits per heavy atom. The van der Waals surface area contributed by atoms with Crippen LogP contribution in [-0.4, -0.2) is 13.7 Å². The van der Waals surface area contributed by atoms with Crippen molar-refractivity contribution in [3.63, 3.8) is 0 Å². The maximum atomic E-state index is 5.61. The van der Waals surface area contributed by atoms with Gasteiger partial charge in [-0.05, 0) is 77.9 Å². The van der Waals surface area contributed by atoms with E-state index in [1.807, 2.05) is 19.1 Å². The molecular weight excluding hydrogens is 377 g/mol. The van der Waals surface area contributed by atoms with Gasteiger partial charge in [0, 0.05) is 15.8 Å². The molecule has 2 aromatic rings. The second kappa shape index (κ2) is 7.54. The summed E-state index contributed by atoms with van der Waals surface area (Å²) in [5.74, 6) is 1.56. The van der Waals surface area contributed by atoms with Gasteiger partial charge < -0.3 is 14.8 Å². The molecule has 0 atom stereocenters. The van der Waals surface area contributed by atoms with Crippen LogP contribution in [0.3, 0.4) is 0 Å². The fourth-order valence-electron chi connectivity index (χ4n) is 2.12. The van der Waals surface area contributed by atoms with Gasteiger partial charge in [-0.1, -0.05) is 6.07 Å². The van der Waals surface area contributed by atoms with Gasteiger partial charge in [0.2, 0.25) is 0 Å². The highest BCUT2D eigenvalue weighted by atomic mass is 127. The van der Waals surface area contributed by atoms with Crippen LogP contribution >= 0.6 is 22.6 Å². The summed E-state index contributed by atoms with van der Waals surface area (Å²) >= 11 is 2.33. The highest BCUT2D eigenvalue weighted by Gasteiger charge is 2.06. The minimum atomic E-state index is 0.628. The van der Waals surface area contributed by atoms with Gasteiger partial charge in [0.05, 0.1) is 13.7 Å². The van der Waals surface area contributed by atoms with Gasteiger partial charge in [-0.15, -0.1) is 0 Å². The van der Waals surface area contributed by atoms with Crippen LogP contribution in [0, 0.1) is 10.5 Å². The van der Waals surface area contributed by atoms with Crippen molar-refractivity contribution >= 4 is 28.3 Å². The van der Waals surface area contributed by atoms with Crippen molar-refractivity contribution in [1.29, 1.82) is 0 Å². The molecule has 0 fully saturated rings. The zero-order valence-electron chi connectivity index (χ0n) is 12.6. The Hall–Kier alpha value is -1.43. The number of aryl methyl sites for hydroxylation is 1. The SMILES string of the molecule is CCOc1cc(CNc2ccc(I)cc2C)ccc1OC. The molecule has 0 radical (unpaired) electrons. The molecule has 0 aromatic heterocycles. The van der Waals surface area contributed by atoms with E-state index in [2.05, 4.69) is 59.1 Å². The van der Waals surface area contributed by atoms with Gasteiger partial charge in [-0.3, -0.25) is 0 Å². The van der Waals surface area contributed by atoms with Crippen LogP contribution in [0.1, 0.15) is 18.1 Å². The summed E-state index contributed by atoms with van der Waals surface area (Å²) in [6, 6.07) is 12.4. The topological polar surface area (TPSA) is 30.5 Å². The van der Waals surface area contributed by atoms with Crippen molar-refractivity contribution in [2.45, 2.75) is 20.4 Å². The molecule has 0 heterocycles. The van der Waals surface area contributed by atoms with Crippen LogP contribution in [-0.2, 0) is 6.54 Å². The fourth-order valence-corrected chi connectivity index (χ4v) is 2.77. The summed E-state index contributed by atoms with van der Waals surface area (Å²) in [6.07, 6.45) is 0. The second-order valence-corrected chi connectivity index (χ2v) is 5.98. The average Bonchev–Trinajstić information content (AvgIpc) is 2.47. The third-order valence-electron chi connectivity index (χ3n) is 3.20. The Bertz CT molecular complexity index is 614. The van der Waals surface area contributed by atoms with Crippen LogP contribution in [0.4, 0.5) is 5.69 Å². The predicted molar refractivity (Wildman–Crippen MR) is 95.4 cm³/mol. The molecule has 21 heavy (non-hydrogen) atoms. The molecule has 1 N–H and O–H groups in total. The lowest BCUT2D eigenvalue weighted by atomic mass is 10.1. The summed E-state index contributed by atoms with van der Waals surface area (Å²) in [5, 5.41) is 3.46. The summed E-state index contributed by atoms with van der Waals surface area (Å²) in [7, 11) is 1.66. The Labute approximate surface area is 139 Å². The monoisotopic (exact) mass is 397 g/mol. The normalized spacial score (nSPS) is 10.3. The standard InChI is InChI=1S/C17H20INO2/c1-4-21-17-10-13(5-8-16(17)20-3)11-19-15-7-6-14(18)9-12(15)2/h5-10,19H,4,11H2,1-3H3. The first-order valence-electron chi connectivity index (χ1n) is 6.93. The third kappa shape index (κ3) is 4.27. The Morgan fingerprint density at radius 2 is 1.90 bits per heavy atom. The fraction of sp³-hybridized carbons (Fsp3) is 0.294. The number of halogens is 1. The minimum absolute atomic E-state index is 0.628. The van der Waals surface area contributed by atoms with Gasteiger partial charge >= 0.3 is 0 Å². The van der Waals surface area contributed by atoms with Crippen LogP contribution in [0.25, 0.3) is 0 Å². The van der Waals surface area contributed by atoms with Crippen LogP contribution < -0.4 is 14.8 Å². The lowest BCUT2D eigenvalue weighted by Crippen LogP contribution is -2.02. The highest BCUT2D eigenvalue weighted by molar-refractivity contribution is 14.1. The third-order valence-corrected chi connectivity index (χ3v) is 3.87. The molecule has 0 saturated heterocycles. The van der Waals surface area contributed by atoms with Crippen LogP contribution in [0.5, 0.6) is 11.5 Å². The van der Waals surface area contributed by atoms with Crippen molar-refractivity contribution in [1.82, 2.24) is 0 Å². The molecule has 0 aliphatic carbocycles. The largest absolute Gasteiger partial charge is 0.493 e. The van der Waals surface area contributed by atoms with E-state index in [1.54, 1.807) is 7.11 Å². The second-order valence-electron chi connectivity index (χ2n) is 4.73. The molecule has 112 valence electrons. The van der Waals surface area contributed by atoms with Crippen molar-refractivity contribution in [2.24, 2.45) is 0 Å². The maximum Gasteiger partial charge on any atom is 0.161 e. The summed E-state index contributed by atoms with van der Waals surface area (Å²) < 4.78 is 12.2. The Morgan fingerprint density at radius 1 is 1.10 bits per heavy atom. The molecule has 0 saturated carbocycles. The van der Waals surface area contributed by atoms with Gasteiger partial charge in [0.1, 0.15) is 0 Å². The zero-order chi connectivity index (χ0) is 15.2. The quantitative estimate of drug-likeness (QED) is 0.722. The first-order valence-corrected chi connectivity index (χ1v) is 8.01. The molecule has 0 unspecified atom stereocenters. The zero-order valence-corrected chi connectivity index (χ0v) is 14.7. The van der Waals surface area contributed by atoms with E-state index >= 15 is 0 Å². The number of methoxy groups -OCH3 is 1. The van der Waals surface area contributed by atoms with Gasteiger partial charge in [-0.2, -0.15) is 0 Å². The maximum absolute atomic E-state index is 5.61. The molecule has 2 aromatic carbocycles. The Balaban J connectivity index is 2.10. The van der Waals surface area contributed by atoms with E-state index in [1.165, 1.54) is 9.13 Å². The van der Waals surface area contributed by atoms with Crippen LogP contribution in [0.15, 0.2) is 36.4 Å². The molecule has 0 bridgehead atoms. The van der Waals surface area contributed by atoms with E-state index in [9.17, 15) is 0 Å². The number of rotatable bonds is 6. The van der Waals surface area contributed by atoms with Crippen molar-refractivity contribution in [2.75, 3.05) is 19.0 Å². The predicted octanol–water partition coefficient (Wildman–Crippen LogP) is 4.62. The summed E-state index contributed by atoms with van der Waals surface area (Å²) in [5.41, 5.74) is 3.57. The van der Waals surface area contributed by atoms with Crippen molar-refractivity contribution in [3.8, 4) is 11.5 Å². The lowest BCUT2D eigenvalue weighted by Gasteiger charge is -2.13.